The van der Waals surface area contributed by atoms with Crippen LogP contribution in [0.5, 0.6) is 0 Å². The summed E-state index contributed by atoms with van der Waals surface area (Å²) in [6.45, 7) is 3.15. The van der Waals surface area contributed by atoms with Gasteiger partial charge in [-0.1, -0.05) is 18.2 Å². The van der Waals surface area contributed by atoms with Crippen LogP contribution in [0.1, 0.15) is 18.9 Å². The molecule has 0 saturated heterocycles. The second-order valence-electron chi connectivity index (χ2n) is 5.37. The van der Waals surface area contributed by atoms with Crippen LogP contribution in [0, 0.1) is 5.82 Å². The monoisotopic (exact) mass is 335 g/mol. The average Bonchev–Trinajstić information content (AvgIpc) is 3.05. The molecule has 1 aromatic heterocycles. The van der Waals surface area contributed by atoms with Crippen LogP contribution in [0.3, 0.4) is 0 Å². The first-order valence-corrected chi connectivity index (χ1v) is 8.91. The van der Waals surface area contributed by atoms with Gasteiger partial charge in [0.05, 0.1) is 12.5 Å². The van der Waals surface area contributed by atoms with Gasteiger partial charge in [-0.15, -0.1) is 0 Å². The highest BCUT2D eigenvalue weighted by atomic mass is 32.2. The normalized spacial score (nSPS) is 16.3. The average molecular weight is 335 g/mol. The SMILES string of the molecule is CCn1cncc1S(=O)(=O)N1CC=C(c2ccc(F)cc2)CC1. The Bertz CT molecular complexity index is 825. The van der Waals surface area contributed by atoms with Crippen molar-refractivity contribution in [2.75, 3.05) is 13.1 Å². The van der Waals surface area contributed by atoms with Gasteiger partial charge in [-0.05, 0) is 36.6 Å². The number of hydrogen-bond donors (Lipinski definition) is 0. The van der Waals surface area contributed by atoms with Crippen LogP contribution in [-0.4, -0.2) is 35.4 Å². The van der Waals surface area contributed by atoms with E-state index in [1.165, 1.54) is 29.0 Å². The predicted molar refractivity (Wildman–Crippen MR) is 85.7 cm³/mol. The molecule has 0 amide bonds. The number of aryl methyl sites for hydroxylation is 1. The summed E-state index contributed by atoms with van der Waals surface area (Å²) in [4.78, 5) is 3.93. The van der Waals surface area contributed by atoms with E-state index in [1.807, 2.05) is 13.0 Å². The van der Waals surface area contributed by atoms with E-state index in [9.17, 15) is 12.8 Å². The van der Waals surface area contributed by atoms with E-state index in [0.29, 0.717) is 26.1 Å². The van der Waals surface area contributed by atoms with Gasteiger partial charge in [0.1, 0.15) is 5.82 Å². The van der Waals surface area contributed by atoms with E-state index >= 15 is 0 Å². The fourth-order valence-corrected chi connectivity index (χ4v) is 4.22. The van der Waals surface area contributed by atoms with E-state index in [2.05, 4.69) is 4.98 Å². The zero-order chi connectivity index (χ0) is 16.4. The van der Waals surface area contributed by atoms with E-state index in [4.69, 9.17) is 0 Å². The van der Waals surface area contributed by atoms with Crippen molar-refractivity contribution in [1.82, 2.24) is 13.9 Å². The second kappa shape index (κ2) is 6.25. The molecule has 5 nitrogen and oxygen atoms in total. The fraction of sp³-hybridized carbons (Fsp3) is 0.312. The van der Waals surface area contributed by atoms with Gasteiger partial charge in [-0.25, -0.2) is 17.8 Å². The minimum Gasteiger partial charge on any atom is -0.321 e. The highest BCUT2D eigenvalue weighted by Gasteiger charge is 2.29. The number of aromatic nitrogens is 2. The van der Waals surface area contributed by atoms with Crippen molar-refractivity contribution in [3.8, 4) is 0 Å². The Kier molecular flexibility index (Phi) is 4.32. The Hall–Kier alpha value is -1.99. The molecule has 0 N–H and O–H groups in total. The van der Waals surface area contributed by atoms with E-state index < -0.39 is 10.0 Å². The zero-order valence-electron chi connectivity index (χ0n) is 12.8. The molecule has 0 bridgehead atoms. The molecular weight excluding hydrogens is 317 g/mol. The molecule has 0 unspecified atom stereocenters. The smallest absolute Gasteiger partial charge is 0.260 e. The molecule has 7 heteroatoms. The van der Waals surface area contributed by atoms with E-state index in [1.54, 1.807) is 16.7 Å². The number of hydrogen-bond acceptors (Lipinski definition) is 3. The number of nitrogens with zero attached hydrogens (tertiary/aromatic N) is 3. The van der Waals surface area contributed by atoms with Crippen molar-refractivity contribution in [2.24, 2.45) is 0 Å². The fourth-order valence-electron chi connectivity index (χ4n) is 2.69. The number of sulfonamides is 1. The van der Waals surface area contributed by atoms with Crippen LogP contribution in [0.25, 0.3) is 5.57 Å². The molecule has 1 aliphatic rings. The van der Waals surface area contributed by atoms with Gasteiger partial charge >= 0.3 is 0 Å². The third-order valence-corrected chi connectivity index (χ3v) is 5.89. The molecule has 0 radical (unpaired) electrons. The van der Waals surface area contributed by atoms with Crippen molar-refractivity contribution in [1.29, 1.82) is 0 Å². The number of imidazole rings is 1. The highest BCUT2D eigenvalue weighted by Crippen LogP contribution is 2.26. The van der Waals surface area contributed by atoms with Crippen molar-refractivity contribution in [3.63, 3.8) is 0 Å². The summed E-state index contributed by atoms with van der Waals surface area (Å²) >= 11 is 0. The van der Waals surface area contributed by atoms with Crippen LogP contribution in [0.15, 0.2) is 47.9 Å². The number of benzene rings is 1. The van der Waals surface area contributed by atoms with Gasteiger partial charge in [-0.3, -0.25) is 0 Å². The minimum absolute atomic E-state index is 0.221. The molecule has 3 rings (SSSR count). The summed E-state index contributed by atoms with van der Waals surface area (Å²) < 4.78 is 41.5. The molecule has 0 spiro atoms. The lowest BCUT2D eigenvalue weighted by molar-refractivity contribution is 0.434. The molecule has 122 valence electrons. The maximum Gasteiger partial charge on any atom is 0.260 e. The molecule has 0 aliphatic carbocycles. The Morgan fingerprint density at radius 2 is 2.00 bits per heavy atom. The Labute approximate surface area is 135 Å². The third kappa shape index (κ3) is 3.07. The number of rotatable bonds is 4. The maximum absolute atomic E-state index is 13.0. The van der Waals surface area contributed by atoms with E-state index in [0.717, 1.165) is 11.1 Å². The molecular formula is C16H18FN3O2S. The lowest BCUT2D eigenvalue weighted by Crippen LogP contribution is -2.35. The highest BCUT2D eigenvalue weighted by molar-refractivity contribution is 7.89. The van der Waals surface area contributed by atoms with Gasteiger partial charge in [0, 0.05) is 19.6 Å². The Balaban J connectivity index is 1.81. The van der Waals surface area contributed by atoms with Crippen LogP contribution in [0.2, 0.25) is 0 Å². The topological polar surface area (TPSA) is 55.2 Å². The van der Waals surface area contributed by atoms with Gasteiger partial charge in [0.25, 0.3) is 10.0 Å². The zero-order valence-corrected chi connectivity index (χ0v) is 13.6. The minimum atomic E-state index is -3.54. The molecule has 0 atom stereocenters. The Morgan fingerprint density at radius 3 is 2.61 bits per heavy atom. The van der Waals surface area contributed by atoms with Crippen molar-refractivity contribution in [3.05, 3.63) is 54.2 Å². The number of halogens is 1. The van der Waals surface area contributed by atoms with Gasteiger partial charge in [-0.2, -0.15) is 4.31 Å². The summed E-state index contributed by atoms with van der Waals surface area (Å²) in [5.74, 6) is -0.276. The maximum atomic E-state index is 13.0. The van der Waals surface area contributed by atoms with Crippen molar-refractivity contribution >= 4 is 15.6 Å². The summed E-state index contributed by atoms with van der Waals surface area (Å²) in [6.07, 6.45) is 5.40. The van der Waals surface area contributed by atoms with E-state index in [-0.39, 0.29) is 10.8 Å². The molecule has 0 saturated carbocycles. The summed E-state index contributed by atoms with van der Waals surface area (Å²) in [5, 5.41) is 0.221. The van der Waals surface area contributed by atoms with Crippen LogP contribution in [0.4, 0.5) is 4.39 Å². The first kappa shape index (κ1) is 15.9. The molecule has 0 fully saturated rings. The predicted octanol–water partition coefficient (Wildman–Crippen LogP) is 2.52. The van der Waals surface area contributed by atoms with Gasteiger partial charge in [0.15, 0.2) is 5.03 Å². The summed E-state index contributed by atoms with van der Waals surface area (Å²) in [7, 11) is -3.54. The van der Waals surface area contributed by atoms with Crippen LogP contribution < -0.4 is 0 Å². The van der Waals surface area contributed by atoms with Crippen LogP contribution >= 0.6 is 0 Å². The van der Waals surface area contributed by atoms with Crippen LogP contribution in [-0.2, 0) is 16.6 Å². The van der Waals surface area contributed by atoms with Crippen molar-refractivity contribution < 1.29 is 12.8 Å². The quantitative estimate of drug-likeness (QED) is 0.863. The summed E-state index contributed by atoms with van der Waals surface area (Å²) in [5.41, 5.74) is 1.97. The van der Waals surface area contributed by atoms with Gasteiger partial charge in [0.2, 0.25) is 0 Å². The lowest BCUT2D eigenvalue weighted by atomic mass is 10.0. The molecule has 2 aromatic rings. The molecule has 1 aromatic carbocycles. The first-order valence-electron chi connectivity index (χ1n) is 7.47. The molecule has 23 heavy (non-hydrogen) atoms. The molecule has 2 heterocycles. The third-order valence-electron chi connectivity index (χ3n) is 4.01. The standard InChI is InChI=1S/C16H18FN3O2S/c1-2-19-12-18-11-16(19)23(21,22)20-9-7-14(8-10-20)13-3-5-15(17)6-4-13/h3-7,11-12H,2,8-10H2,1H3. The lowest BCUT2D eigenvalue weighted by Gasteiger charge is -2.26. The largest absolute Gasteiger partial charge is 0.321 e. The molecule has 1 aliphatic heterocycles. The first-order chi connectivity index (χ1) is 11.0. The summed E-state index contributed by atoms with van der Waals surface area (Å²) in [6, 6.07) is 6.27. The Morgan fingerprint density at radius 1 is 1.26 bits per heavy atom. The van der Waals surface area contributed by atoms with Gasteiger partial charge < -0.3 is 4.57 Å². The second-order valence-corrected chi connectivity index (χ2v) is 7.25. The van der Waals surface area contributed by atoms with Crippen molar-refractivity contribution in [2.45, 2.75) is 24.9 Å².